The first-order valence-electron chi connectivity index (χ1n) is 8.33. The van der Waals surface area contributed by atoms with E-state index in [1.807, 2.05) is 32.9 Å². The maximum absolute atomic E-state index is 11.8. The number of hydrogen-bond donors (Lipinski definition) is 1. The topological polar surface area (TPSA) is 90.1 Å². The van der Waals surface area contributed by atoms with Crippen LogP contribution < -0.4 is 10.1 Å². The van der Waals surface area contributed by atoms with E-state index in [2.05, 4.69) is 20.4 Å². The fraction of sp³-hybridized carbons (Fsp3) is 0.263. The molecule has 134 valence electrons. The van der Waals surface area contributed by atoms with E-state index in [1.54, 1.807) is 18.3 Å². The van der Waals surface area contributed by atoms with Crippen LogP contribution in [-0.2, 0) is 6.61 Å². The molecule has 1 N–H and O–H groups in total. The molecule has 7 nitrogen and oxygen atoms in total. The van der Waals surface area contributed by atoms with E-state index in [4.69, 9.17) is 9.26 Å². The van der Waals surface area contributed by atoms with E-state index < -0.39 is 0 Å². The Labute approximate surface area is 151 Å². The van der Waals surface area contributed by atoms with Gasteiger partial charge in [-0.05, 0) is 39.0 Å². The summed E-state index contributed by atoms with van der Waals surface area (Å²) >= 11 is 0. The summed E-state index contributed by atoms with van der Waals surface area (Å²) in [6, 6.07) is 7.22. The fourth-order valence-electron chi connectivity index (χ4n) is 2.40. The number of carbonyl (C=O) groups excluding carboxylic acids is 1. The van der Waals surface area contributed by atoms with Crippen LogP contribution in [-0.4, -0.2) is 27.6 Å². The standard InChI is InChI=1S/C19H20N4O3/c1-4-20-19(24)15-7-8-17(22-10-15)25-11-16-13(3)26-23-18(16)14-6-5-12(2)21-9-14/h5-10H,4,11H2,1-3H3,(H,20,24). The highest BCUT2D eigenvalue weighted by Gasteiger charge is 2.16. The Morgan fingerprint density at radius 2 is 2.00 bits per heavy atom. The summed E-state index contributed by atoms with van der Waals surface area (Å²) in [7, 11) is 0. The SMILES string of the molecule is CCNC(=O)c1ccc(OCc2c(-c3ccc(C)nc3)noc2C)nc1. The Hall–Kier alpha value is -3.22. The average molecular weight is 352 g/mol. The number of nitrogens with one attached hydrogen (secondary N) is 1. The molecule has 0 saturated heterocycles. The molecule has 0 aliphatic rings. The second-order valence-corrected chi connectivity index (χ2v) is 5.79. The summed E-state index contributed by atoms with van der Waals surface area (Å²) in [5.74, 6) is 0.946. The summed E-state index contributed by atoms with van der Waals surface area (Å²) in [6.45, 7) is 6.46. The molecule has 3 aromatic rings. The van der Waals surface area contributed by atoms with Crippen LogP contribution in [0.4, 0.5) is 0 Å². The summed E-state index contributed by atoms with van der Waals surface area (Å²) in [6.07, 6.45) is 3.25. The van der Waals surface area contributed by atoms with Gasteiger partial charge in [-0.3, -0.25) is 9.78 Å². The average Bonchev–Trinajstić information content (AvgIpc) is 3.02. The number of aryl methyl sites for hydroxylation is 2. The molecule has 0 aliphatic heterocycles. The van der Waals surface area contributed by atoms with Gasteiger partial charge in [-0.2, -0.15) is 0 Å². The third kappa shape index (κ3) is 3.88. The van der Waals surface area contributed by atoms with E-state index in [-0.39, 0.29) is 12.5 Å². The van der Waals surface area contributed by atoms with Crippen LogP contribution in [0.15, 0.2) is 41.2 Å². The Kier molecular flexibility index (Phi) is 5.26. The summed E-state index contributed by atoms with van der Waals surface area (Å²) < 4.78 is 11.1. The van der Waals surface area contributed by atoms with Gasteiger partial charge in [0.05, 0.1) is 11.1 Å². The molecule has 0 atom stereocenters. The third-order valence-corrected chi connectivity index (χ3v) is 3.87. The van der Waals surface area contributed by atoms with Gasteiger partial charge in [0.15, 0.2) is 0 Å². The zero-order chi connectivity index (χ0) is 18.5. The van der Waals surface area contributed by atoms with Crippen molar-refractivity contribution in [1.29, 1.82) is 0 Å². The molecule has 0 aliphatic carbocycles. The highest BCUT2D eigenvalue weighted by molar-refractivity contribution is 5.93. The molecule has 0 radical (unpaired) electrons. The summed E-state index contributed by atoms with van der Waals surface area (Å²) in [5.41, 5.74) is 3.83. The van der Waals surface area contributed by atoms with E-state index in [9.17, 15) is 4.79 Å². The van der Waals surface area contributed by atoms with Crippen LogP contribution in [0.2, 0.25) is 0 Å². The minimum absolute atomic E-state index is 0.157. The molecule has 3 rings (SSSR count). The number of amides is 1. The maximum atomic E-state index is 11.8. The van der Waals surface area contributed by atoms with Crippen molar-refractivity contribution in [3.05, 3.63) is 59.2 Å². The monoisotopic (exact) mass is 352 g/mol. The molecular weight excluding hydrogens is 332 g/mol. The zero-order valence-corrected chi connectivity index (χ0v) is 14.9. The molecule has 7 heteroatoms. The zero-order valence-electron chi connectivity index (χ0n) is 14.9. The maximum Gasteiger partial charge on any atom is 0.252 e. The van der Waals surface area contributed by atoms with Crippen LogP contribution in [0.25, 0.3) is 11.3 Å². The first kappa shape index (κ1) is 17.6. The van der Waals surface area contributed by atoms with Crippen LogP contribution in [0.1, 0.15) is 34.3 Å². The highest BCUT2D eigenvalue weighted by Crippen LogP contribution is 2.26. The summed E-state index contributed by atoms with van der Waals surface area (Å²) in [4.78, 5) is 20.2. The lowest BCUT2D eigenvalue weighted by Gasteiger charge is -2.07. The second-order valence-electron chi connectivity index (χ2n) is 5.79. The number of carbonyl (C=O) groups is 1. The smallest absolute Gasteiger partial charge is 0.252 e. The number of aromatic nitrogens is 3. The highest BCUT2D eigenvalue weighted by atomic mass is 16.5. The number of ether oxygens (including phenoxy) is 1. The van der Waals surface area contributed by atoms with E-state index in [0.717, 1.165) is 16.8 Å². The van der Waals surface area contributed by atoms with Gasteiger partial charge in [0.2, 0.25) is 5.88 Å². The van der Waals surface area contributed by atoms with Crippen molar-refractivity contribution in [3.63, 3.8) is 0 Å². The normalized spacial score (nSPS) is 10.6. The molecule has 0 aromatic carbocycles. The van der Waals surface area contributed by atoms with Gasteiger partial charge < -0.3 is 14.6 Å². The predicted molar refractivity (Wildman–Crippen MR) is 95.8 cm³/mol. The molecule has 0 bridgehead atoms. The number of nitrogens with zero attached hydrogens (tertiary/aromatic N) is 3. The molecular formula is C19H20N4O3. The molecule has 0 fully saturated rings. The number of hydrogen-bond acceptors (Lipinski definition) is 6. The van der Waals surface area contributed by atoms with E-state index in [0.29, 0.717) is 29.4 Å². The molecule has 26 heavy (non-hydrogen) atoms. The molecule has 1 amide bonds. The van der Waals surface area contributed by atoms with Crippen LogP contribution in [0, 0.1) is 13.8 Å². The molecule has 0 saturated carbocycles. The Morgan fingerprint density at radius 1 is 1.15 bits per heavy atom. The van der Waals surface area contributed by atoms with Crippen LogP contribution >= 0.6 is 0 Å². The number of rotatable bonds is 6. The third-order valence-electron chi connectivity index (χ3n) is 3.87. The van der Waals surface area contributed by atoms with Gasteiger partial charge >= 0.3 is 0 Å². The number of pyridine rings is 2. The molecule has 3 aromatic heterocycles. The van der Waals surface area contributed by atoms with E-state index in [1.165, 1.54) is 6.20 Å². The van der Waals surface area contributed by atoms with Gasteiger partial charge in [0, 0.05) is 36.3 Å². The first-order valence-corrected chi connectivity index (χ1v) is 8.33. The van der Waals surface area contributed by atoms with Crippen molar-refractivity contribution in [2.75, 3.05) is 6.54 Å². The lowest BCUT2D eigenvalue weighted by atomic mass is 10.1. The minimum atomic E-state index is -0.157. The predicted octanol–water partition coefficient (Wildman–Crippen LogP) is 3.08. The van der Waals surface area contributed by atoms with Crippen molar-refractivity contribution in [3.8, 4) is 17.1 Å². The lowest BCUT2D eigenvalue weighted by molar-refractivity contribution is 0.0955. The van der Waals surface area contributed by atoms with Crippen molar-refractivity contribution in [2.45, 2.75) is 27.4 Å². The largest absolute Gasteiger partial charge is 0.473 e. The molecule has 3 heterocycles. The molecule has 0 unspecified atom stereocenters. The Bertz CT molecular complexity index is 886. The molecule has 0 spiro atoms. The van der Waals surface area contributed by atoms with Crippen molar-refractivity contribution in [2.24, 2.45) is 0 Å². The van der Waals surface area contributed by atoms with Gasteiger partial charge in [0.1, 0.15) is 18.1 Å². The quantitative estimate of drug-likeness (QED) is 0.733. The van der Waals surface area contributed by atoms with Gasteiger partial charge in [0.25, 0.3) is 5.91 Å². The van der Waals surface area contributed by atoms with Gasteiger partial charge in [-0.15, -0.1) is 0 Å². The van der Waals surface area contributed by atoms with Crippen LogP contribution in [0.3, 0.4) is 0 Å². The fourth-order valence-corrected chi connectivity index (χ4v) is 2.40. The van der Waals surface area contributed by atoms with Crippen molar-refractivity contribution in [1.82, 2.24) is 20.4 Å². The van der Waals surface area contributed by atoms with E-state index >= 15 is 0 Å². The lowest BCUT2D eigenvalue weighted by Crippen LogP contribution is -2.22. The van der Waals surface area contributed by atoms with Gasteiger partial charge in [-0.25, -0.2) is 4.98 Å². The first-order chi connectivity index (χ1) is 12.6. The Balaban J connectivity index is 1.73. The van der Waals surface area contributed by atoms with Crippen molar-refractivity contribution < 1.29 is 14.1 Å². The van der Waals surface area contributed by atoms with Gasteiger partial charge in [-0.1, -0.05) is 5.16 Å². The van der Waals surface area contributed by atoms with Crippen LogP contribution in [0.5, 0.6) is 5.88 Å². The summed E-state index contributed by atoms with van der Waals surface area (Å²) in [5, 5.41) is 6.84. The van der Waals surface area contributed by atoms with Crippen molar-refractivity contribution >= 4 is 5.91 Å². The second kappa shape index (κ2) is 7.77. The Morgan fingerprint density at radius 3 is 2.65 bits per heavy atom. The minimum Gasteiger partial charge on any atom is -0.473 e.